The van der Waals surface area contributed by atoms with E-state index in [1.54, 1.807) is 11.8 Å². The van der Waals surface area contributed by atoms with E-state index in [4.69, 9.17) is 5.73 Å². The molecule has 7 heteroatoms. The predicted molar refractivity (Wildman–Crippen MR) is 97.9 cm³/mol. The van der Waals surface area contributed by atoms with Crippen molar-refractivity contribution in [3.8, 4) is 0 Å². The maximum atomic E-state index is 12.4. The first-order chi connectivity index (χ1) is 12.4. The first kappa shape index (κ1) is 20.7. The number of aliphatic hydroxyl groups is 1. The van der Waals surface area contributed by atoms with Gasteiger partial charge in [-0.05, 0) is 31.6 Å². The SMILES string of the molecule is C[C@@H](CCC(=O)N[C@H]1CCC(=O)N(CC2CCCCC2)C[C@@H]1O)C(N)=O. The number of hydrogen-bond acceptors (Lipinski definition) is 4. The van der Waals surface area contributed by atoms with Crippen molar-refractivity contribution in [2.45, 2.75) is 76.9 Å². The van der Waals surface area contributed by atoms with Crippen LogP contribution in [0, 0.1) is 11.8 Å². The van der Waals surface area contributed by atoms with Crippen LogP contribution >= 0.6 is 0 Å². The summed E-state index contributed by atoms with van der Waals surface area (Å²) in [5.41, 5.74) is 5.20. The van der Waals surface area contributed by atoms with Gasteiger partial charge in [-0.25, -0.2) is 0 Å². The number of aliphatic hydroxyl groups excluding tert-OH is 1. The fourth-order valence-electron chi connectivity index (χ4n) is 3.88. The molecule has 0 bridgehead atoms. The first-order valence-corrected chi connectivity index (χ1v) is 9.91. The van der Waals surface area contributed by atoms with Crippen molar-refractivity contribution >= 4 is 17.7 Å². The third kappa shape index (κ3) is 6.27. The second-order valence-corrected chi connectivity index (χ2v) is 7.92. The van der Waals surface area contributed by atoms with Crippen LogP contribution in [-0.4, -0.2) is 53.0 Å². The van der Waals surface area contributed by atoms with Crippen LogP contribution in [0.15, 0.2) is 0 Å². The maximum absolute atomic E-state index is 12.4. The number of rotatable bonds is 7. The second-order valence-electron chi connectivity index (χ2n) is 7.92. The number of hydrogen-bond donors (Lipinski definition) is 3. The van der Waals surface area contributed by atoms with Gasteiger partial charge in [0.15, 0.2) is 0 Å². The zero-order valence-corrected chi connectivity index (χ0v) is 15.8. The molecule has 0 spiro atoms. The van der Waals surface area contributed by atoms with Gasteiger partial charge in [-0.2, -0.15) is 0 Å². The Bertz CT molecular complexity index is 505. The van der Waals surface area contributed by atoms with Crippen LogP contribution in [0.3, 0.4) is 0 Å². The highest BCUT2D eigenvalue weighted by Crippen LogP contribution is 2.25. The summed E-state index contributed by atoms with van der Waals surface area (Å²) in [6.07, 6.45) is 6.61. The molecule has 1 aliphatic heterocycles. The van der Waals surface area contributed by atoms with E-state index in [9.17, 15) is 19.5 Å². The molecular formula is C19H33N3O4. The summed E-state index contributed by atoms with van der Waals surface area (Å²) < 4.78 is 0. The van der Waals surface area contributed by atoms with Crippen LogP contribution in [0.5, 0.6) is 0 Å². The molecule has 1 saturated carbocycles. The van der Waals surface area contributed by atoms with Gasteiger partial charge in [-0.15, -0.1) is 0 Å². The average molecular weight is 367 g/mol. The van der Waals surface area contributed by atoms with Crippen molar-refractivity contribution in [2.75, 3.05) is 13.1 Å². The van der Waals surface area contributed by atoms with Gasteiger partial charge in [-0.3, -0.25) is 14.4 Å². The lowest BCUT2D eigenvalue weighted by atomic mass is 9.89. The van der Waals surface area contributed by atoms with Crippen molar-refractivity contribution < 1.29 is 19.5 Å². The van der Waals surface area contributed by atoms with Crippen LogP contribution in [0.1, 0.15) is 64.7 Å². The van der Waals surface area contributed by atoms with Gasteiger partial charge < -0.3 is 21.1 Å². The highest BCUT2D eigenvalue weighted by Gasteiger charge is 2.31. The Balaban J connectivity index is 1.83. The summed E-state index contributed by atoms with van der Waals surface area (Å²) >= 11 is 0. The van der Waals surface area contributed by atoms with E-state index in [2.05, 4.69) is 5.32 Å². The van der Waals surface area contributed by atoms with Crippen LogP contribution in [-0.2, 0) is 14.4 Å². The number of nitrogens with zero attached hydrogens (tertiary/aromatic N) is 1. The Labute approximate surface area is 155 Å². The molecule has 2 rings (SSSR count). The molecule has 1 heterocycles. The van der Waals surface area contributed by atoms with Gasteiger partial charge >= 0.3 is 0 Å². The zero-order valence-electron chi connectivity index (χ0n) is 15.8. The fourth-order valence-corrected chi connectivity index (χ4v) is 3.88. The van der Waals surface area contributed by atoms with E-state index in [1.165, 1.54) is 19.3 Å². The zero-order chi connectivity index (χ0) is 19.1. The molecular weight excluding hydrogens is 334 g/mol. The van der Waals surface area contributed by atoms with Gasteiger partial charge in [0, 0.05) is 31.8 Å². The standard InChI is InChI=1S/C19H33N3O4/c1-13(19(20)26)7-9-17(24)21-15-8-10-18(25)22(12-16(15)23)11-14-5-3-2-4-6-14/h13-16,23H,2-12H2,1H3,(H2,20,26)(H,21,24)/t13-,15-,16-/m0/s1. The number of likely N-dealkylation sites (tertiary alicyclic amines) is 1. The van der Waals surface area contributed by atoms with Gasteiger partial charge in [-0.1, -0.05) is 26.2 Å². The number of nitrogens with one attached hydrogen (secondary N) is 1. The Kier molecular flexibility index (Phi) is 7.87. The molecule has 0 radical (unpaired) electrons. The Hall–Kier alpha value is -1.63. The maximum Gasteiger partial charge on any atom is 0.222 e. The molecule has 1 saturated heterocycles. The van der Waals surface area contributed by atoms with Crippen molar-refractivity contribution in [3.05, 3.63) is 0 Å². The molecule has 2 fully saturated rings. The smallest absolute Gasteiger partial charge is 0.222 e. The van der Waals surface area contributed by atoms with Crippen molar-refractivity contribution in [1.29, 1.82) is 0 Å². The van der Waals surface area contributed by atoms with Crippen LogP contribution in [0.4, 0.5) is 0 Å². The van der Waals surface area contributed by atoms with Crippen molar-refractivity contribution in [2.24, 2.45) is 17.6 Å². The third-order valence-corrected chi connectivity index (χ3v) is 5.73. The lowest BCUT2D eigenvalue weighted by Gasteiger charge is -2.30. The van der Waals surface area contributed by atoms with Crippen LogP contribution < -0.4 is 11.1 Å². The van der Waals surface area contributed by atoms with Crippen LogP contribution in [0.2, 0.25) is 0 Å². The lowest BCUT2D eigenvalue weighted by Crippen LogP contribution is -2.47. The molecule has 4 N–H and O–H groups in total. The highest BCUT2D eigenvalue weighted by molar-refractivity contribution is 5.80. The van der Waals surface area contributed by atoms with Crippen molar-refractivity contribution in [3.63, 3.8) is 0 Å². The summed E-state index contributed by atoms with van der Waals surface area (Å²) in [5, 5.41) is 13.3. The van der Waals surface area contributed by atoms with E-state index >= 15 is 0 Å². The van der Waals surface area contributed by atoms with E-state index in [0.717, 1.165) is 12.8 Å². The van der Waals surface area contributed by atoms with Gasteiger partial charge in [0.05, 0.1) is 12.1 Å². The Morgan fingerprint density at radius 2 is 1.96 bits per heavy atom. The normalized spacial score (nSPS) is 26.2. The largest absolute Gasteiger partial charge is 0.389 e. The lowest BCUT2D eigenvalue weighted by molar-refractivity contribution is -0.132. The number of primary amides is 1. The van der Waals surface area contributed by atoms with E-state index in [1.807, 2.05) is 0 Å². The first-order valence-electron chi connectivity index (χ1n) is 9.91. The average Bonchev–Trinajstić information content (AvgIpc) is 2.74. The highest BCUT2D eigenvalue weighted by atomic mass is 16.3. The van der Waals surface area contributed by atoms with Gasteiger partial charge in [0.2, 0.25) is 17.7 Å². The van der Waals surface area contributed by atoms with Crippen LogP contribution in [0.25, 0.3) is 0 Å². The summed E-state index contributed by atoms with van der Waals surface area (Å²) in [4.78, 5) is 37.3. The molecule has 1 aliphatic carbocycles. The monoisotopic (exact) mass is 367 g/mol. The number of nitrogens with two attached hydrogens (primary N) is 1. The fraction of sp³-hybridized carbons (Fsp3) is 0.842. The minimum absolute atomic E-state index is 0.0636. The van der Waals surface area contributed by atoms with Gasteiger partial charge in [0.25, 0.3) is 0 Å². The number of amides is 3. The molecule has 26 heavy (non-hydrogen) atoms. The quantitative estimate of drug-likeness (QED) is 0.621. The number of β-amino-alcohol motifs (C(OH)–C–C–N with tert-alkyl or cyclic N) is 1. The summed E-state index contributed by atoms with van der Waals surface area (Å²) in [6.45, 7) is 2.68. The summed E-state index contributed by atoms with van der Waals surface area (Å²) in [5.74, 6) is -0.394. The second kappa shape index (κ2) is 9.90. The topological polar surface area (TPSA) is 113 Å². The molecule has 7 nitrogen and oxygen atoms in total. The molecule has 0 aromatic heterocycles. The van der Waals surface area contributed by atoms with E-state index in [-0.39, 0.29) is 30.7 Å². The molecule has 3 atom stereocenters. The summed E-state index contributed by atoms with van der Waals surface area (Å²) in [7, 11) is 0. The molecule has 2 aliphatic rings. The molecule has 0 unspecified atom stereocenters. The Morgan fingerprint density at radius 3 is 2.62 bits per heavy atom. The van der Waals surface area contributed by atoms with Crippen molar-refractivity contribution in [1.82, 2.24) is 10.2 Å². The minimum atomic E-state index is -0.762. The number of carbonyl (C=O) groups is 3. The predicted octanol–water partition coefficient (Wildman–Crippen LogP) is 0.936. The number of carbonyl (C=O) groups excluding carboxylic acids is 3. The third-order valence-electron chi connectivity index (χ3n) is 5.73. The Morgan fingerprint density at radius 1 is 1.27 bits per heavy atom. The molecule has 148 valence electrons. The molecule has 0 aromatic carbocycles. The summed E-state index contributed by atoms with van der Waals surface area (Å²) in [6, 6.07) is -0.424. The van der Waals surface area contributed by atoms with E-state index in [0.29, 0.717) is 31.7 Å². The molecule has 0 aromatic rings. The molecule has 3 amide bonds. The minimum Gasteiger partial charge on any atom is -0.389 e. The van der Waals surface area contributed by atoms with E-state index < -0.39 is 18.1 Å². The van der Waals surface area contributed by atoms with Gasteiger partial charge in [0.1, 0.15) is 0 Å².